The molecule has 0 atom stereocenters. The Bertz CT molecular complexity index is 272. The molecule has 0 amide bonds. The van der Waals surface area contributed by atoms with Gasteiger partial charge in [0.05, 0.1) is 6.61 Å². The zero-order chi connectivity index (χ0) is 12.6. The summed E-state index contributed by atoms with van der Waals surface area (Å²) in [7, 11) is -0.972. The van der Waals surface area contributed by atoms with Crippen LogP contribution in [0.15, 0.2) is 23.8 Å². The summed E-state index contributed by atoms with van der Waals surface area (Å²) >= 11 is 0. The number of hydrogen-bond acceptors (Lipinski definition) is 2. The molecule has 0 N–H and O–H groups in total. The summed E-state index contributed by atoms with van der Waals surface area (Å²) in [6, 6.07) is 1.19. The third kappa shape index (κ3) is 9.71. The molecule has 0 aromatic heterocycles. The Morgan fingerprint density at radius 3 is 2.38 bits per heavy atom. The van der Waals surface area contributed by atoms with E-state index in [-0.39, 0.29) is 5.97 Å². The Morgan fingerprint density at radius 2 is 1.88 bits per heavy atom. The van der Waals surface area contributed by atoms with E-state index < -0.39 is 8.07 Å². The van der Waals surface area contributed by atoms with Crippen LogP contribution in [0, 0.1) is 0 Å². The van der Waals surface area contributed by atoms with E-state index in [4.69, 9.17) is 4.74 Å². The summed E-state index contributed by atoms with van der Waals surface area (Å²) < 4.78 is 4.84. The van der Waals surface area contributed by atoms with E-state index in [1.165, 1.54) is 6.04 Å². The summed E-state index contributed by atoms with van der Waals surface area (Å²) in [6.45, 7) is 11.2. The van der Waals surface area contributed by atoms with E-state index in [1.807, 2.05) is 13.8 Å². The molecule has 0 aliphatic rings. The van der Waals surface area contributed by atoms with E-state index in [9.17, 15) is 4.79 Å². The molecule has 92 valence electrons. The van der Waals surface area contributed by atoms with Gasteiger partial charge < -0.3 is 4.74 Å². The predicted molar refractivity (Wildman–Crippen MR) is 72.3 cm³/mol. The van der Waals surface area contributed by atoms with Gasteiger partial charge in [0.1, 0.15) is 0 Å². The van der Waals surface area contributed by atoms with Crippen molar-refractivity contribution in [3.05, 3.63) is 23.8 Å². The van der Waals surface area contributed by atoms with Gasteiger partial charge in [0.25, 0.3) is 0 Å². The number of ether oxygens (including phenoxy) is 1. The first-order chi connectivity index (χ1) is 7.35. The molecule has 0 aliphatic heterocycles. The second-order valence-corrected chi connectivity index (χ2v) is 10.7. The number of allylic oxidation sites excluding steroid dienone is 3. The number of hydrogen-bond donors (Lipinski definition) is 0. The topological polar surface area (TPSA) is 26.3 Å². The maximum absolute atomic E-state index is 11.1. The molecule has 16 heavy (non-hydrogen) atoms. The molecule has 0 spiro atoms. The standard InChI is InChI=1S/C13H24O2Si/c1-6-15-13(14)11-12(2)9-7-8-10-16(3,4)5/h7-8,11H,6,9-10H2,1-5H3/b8-7+,12-11+. The molecule has 0 fully saturated rings. The lowest BCUT2D eigenvalue weighted by Gasteiger charge is -2.11. The lowest BCUT2D eigenvalue weighted by molar-refractivity contribution is -0.137. The van der Waals surface area contributed by atoms with Crippen molar-refractivity contribution in [1.82, 2.24) is 0 Å². The maximum atomic E-state index is 11.1. The van der Waals surface area contributed by atoms with Gasteiger partial charge in [0.15, 0.2) is 0 Å². The molecule has 2 nitrogen and oxygen atoms in total. The highest BCUT2D eigenvalue weighted by atomic mass is 28.3. The van der Waals surface area contributed by atoms with Gasteiger partial charge in [-0.15, -0.1) is 0 Å². The van der Waals surface area contributed by atoms with Crippen LogP contribution in [0.2, 0.25) is 25.7 Å². The Hall–Kier alpha value is -0.833. The van der Waals surface area contributed by atoms with Gasteiger partial charge in [-0.1, -0.05) is 37.4 Å². The monoisotopic (exact) mass is 240 g/mol. The van der Waals surface area contributed by atoms with Crippen molar-refractivity contribution in [2.45, 2.75) is 46.0 Å². The number of carbonyl (C=O) groups excluding carboxylic acids is 1. The molecular formula is C13H24O2Si. The Kier molecular flexibility index (Phi) is 7.05. The molecule has 0 heterocycles. The van der Waals surface area contributed by atoms with E-state index >= 15 is 0 Å². The molecule has 0 saturated heterocycles. The van der Waals surface area contributed by atoms with E-state index in [0.717, 1.165) is 12.0 Å². The van der Waals surface area contributed by atoms with Crippen molar-refractivity contribution >= 4 is 14.0 Å². The summed E-state index contributed by atoms with van der Waals surface area (Å²) in [5.41, 5.74) is 1.05. The molecule has 3 heteroatoms. The zero-order valence-electron chi connectivity index (χ0n) is 11.2. The Labute approximate surface area is 100 Å². The van der Waals surface area contributed by atoms with Crippen LogP contribution >= 0.6 is 0 Å². The van der Waals surface area contributed by atoms with Crippen LogP contribution in [-0.2, 0) is 9.53 Å². The van der Waals surface area contributed by atoms with E-state index in [0.29, 0.717) is 6.61 Å². The largest absolute Gasteiger partial charge is 0.463 e. The van der Waals surface area contributed by atoms with Crippen molar-refractivity contribution in [3.63, 3.8) is 0 Å². The Morgan fingerprint density at radius 1 is 1.25 bits per heavy atom. The molecule has 0 unspecified atom stereocenters. The van der Waals surface area contributed by atoms with Gasteiger partial charge in [0, 0.05) is 14.1 Å². The molecule has 0 aromatic carbocycles. The fraction of sp³-hybridized carbons (Fsp3) is 0.615. The van der Waals surface area contributed by atoms with Gasteiger partial charge in [-0.25, -0.2) is 4.79 Å². The van der Waals surface area contributed by atoms with Crippen LogP contribution in [0.25, 0.3) is 0 Å². The van der Waals surface area contributed by atoms with Gasteiger partial charge in [-0.05, 0) is 26.3 Å². The van der Waals surface area contributed by atoms with Gasteiger partial charge in [-0.2, -0.15) is 0 Å². The SMILES string of the molecule is CCOC(=O)/C=C(\C)C/C=C/C[Si](C)(C)C. The smallest absolute Gasteiger partial charge is 0.330 e. The predicted octanol–water partition coefficient (Wildman–Crippen LogP) is 3.78. The van der Waals surface area contributed by atoms with Crippen molar-refractivity contribution in [1.29, 1.82) is 0 Å². The molecule has 0 saturated carbocycles. The second kappa shape index (κ2) is 7.44. The molecular weight excluding hydrogens is 216 g/mol. The number of esters is 1. The highest BCUT2D eigenvalue weighted by molar-refractivity contribution is 6.76. The summed E-state index contributed by atoms with van der Waals surface area (Å²) in [4.78, 5) is 11.1. The second-order valence-electron chi connectivity index (χ2n) is 5.18. The van der Waals surface area contributed by atoms with Crippen LogP contribution in [0.1, 0.15) is 20.3 Å². The van der Waals surface area contributed by atoms with E-state index in [1.54, 1.807) is 6.08 Å². The molecule has 0 aromatic rings. The number of carbonyl (C=O) groups is 1. The summed E-state index contributed by atoms with van der Waals surface area (Å²) in [5.74, 6) is -0.237. The first-order valence-electron chi connectivity index (χ1n) is 5.84. The molecule has 0 aliphatic carbocycles. The van der Waals surface area contributed by atoms with Crippen molar-refractivity contribution in [2.75, 3.05) is 6.61 Å². The summed E-state index contributed by atoms with van der Waals surface area (Å²) in [5, 5.41) is 0. The third-order valence-corrected chi connectivity index (χ3v) is 3.45. The lowest BCUT2D eigenvalue weighted by Crippen LogP contribution is -2.17. The van der Waals surface area contributed by atoms with Crippen LogP contribution in [-0.4, -0.2) is 20.7 Å². The van der Waals surface area contributed by atoms with Crippen LogP contribution in [0.3, 0.4) is 0 Å². The quantitative estimate of drug-likeness (QED) is 0.306. The highest BCUT2D eigenvalue weighted by Gasteiger charge is 2.09. The normalized spacial score (nSPS) is 13.2. The fourth-order valence-corrected chi connectivity index (χ4v) is 2.02. The minimum absolute atomic E-state index is 0.237. The minimum Gasteiger partial charge on any atom is -0.463 e. The first-order valence-corrected chi connectivity index (χ1v) is 9.55. The van der Waals surface area contributed by atoms with E-state index in [2.05, 4.69) is 31.8 Å². The molecule has 0 bridgehead atoms. The van der Waals surface area contributed by atoms with Crippen molar-refractivity contribution in [3.8, 4) is 0 Å². The average Bonchev–Trinajstić information content (AvgIpc) is 2.11. The van der Waals surface area contributed by atoms with Crippen molar-refractivity contribution in [2.24, 2.45) is 0 Å². The highest BCUT2D eigenvalue weighted by Crippen LogP contribution is 2.10. The van der Waals surface area contributed by atoms with Gasteiger partial charge >= 0.3 is 5.97 Å². The number of rotatable bonds is 6. The molecule has 0 radical (unpaired) electrons. The minimum atomic E-state index is -0.972. The molecule has 0 rings (SSSR count). The Balaban J connectivity index is 3.97. The third-order valence-electron chi connectivity index (χ3n) is 1.99. The van der Waals surface area contributed by atoms with Crippen LogP contribution in [0.5, 0.6) is 0 Å². The fourth-order valence-electron chi connectivity index (χ4n) is 1.15. The summed E-state index contributed by atoms with van der Waals surface area (Å²) in [6.07, 6.45) is 6.78. The first kappa shape index (κ1) is 15.2. The van der Waals surface area contributed by atoms with Gasteiger partial charge in [-0.3, -0.25) is 0 Å². The van der Waals surface area contributed by atoms with Crippen molar-refractivity contribution < 1.29 is 9.53 Å². The zero-order valence-corrected chi connectivity index (χ0v) is 12.2. The van der Waals surface area contributed by atoms with Crippen LogP contribution < -0.4 is 0 Å². The van der Waals surface area contributed by atoms with Gasteiger partial charge in [0.2, 0.25) is 0 Å². The maximum Gasteiger partial charge on any atom is 0.330 e. The van der Waals surface area contributed by atoms with Crippen LogP contribution in [0.4, 0.5) is 0 Å². The average molecular weight is 240 g/mol. The lowest BCUT2D eigenvalue weighted by atomic mass is 10.2.